The minimum atomic E-state index is 0.306. The maximum Gasteiger partial charge on any atom is 0.191 e. The summed E-state index contributed by atoms with van der Waals surface area (Å²) < 4.78 is 5.51. The molecule has 0 spiro atoms. The molecule has 6 nitrogen and oxygen atoms in total. The van der Waals surface area contributed by atoms with Crippen LogP contribution in [0.1, 0.15) is 17.5 Å². The van der Waals surface area contributed by atoms with E-state index in [1.165, 1.54) is 11.1 Å². The molecule has 2 aromatic rings. The van der Waals surface area contributed by atoms with Crippen molar-refractivity contribution < 1.29 is 4.74 Å². The van der Waals surface area contributed by atoms with Crippen molar-refractivity contribution in [2.45, 2.75) is 25.6 Å². The van der Waals surface area contributed by atoms with Crippen molar-refractivity contribution >= 4 is 23.2 Å². The van der Waals surface area contributed by atoms with Gasteiger partial charge in [-0.3, -0.25) is 4.99 Å². The van der Waals surface area contributed by atoms with Gasteiger partial charge in [-0.05, 0) is 49.8 Å². The molecule has 0 radical (unpaired) electrons. The Hall–Kier alpha value is -2.44. The van der Waals surface area contributed by atoms with Gasteiger partial charge in [0.05, 0.1) is 12.8 Å². The monoisotopic (exact) mass is 429 g/mol. The van der Waals surface area contributed by atoms with Crippen molar-refractivity contribution in [2.24, 2.45) is 4.99 Å². The van der Waals surface area contributed by atoms with E-state index in [0.717, 1.165) is 55.0 Å². The third kappa shape index (κ3) is 6.03. The Morgan fingerprint density at radius 3 is 2.77 bits per heavy atom. The van der Waals surface area contributed by atoms with Crippen molar-refractivity contribution in [2.75, 3.05) is 46.2 Å². The van der Waals surface area contributed by atoms with E-state index in [2.05, 4.69) is 63.8 Å². The lowest BCUT2D eigenvalue weighted by atomic mass is 10.1. The lowest BCUT2D eigenvalue weighted by molar-refractivity contribution is 0.402. The molecule has 7 heteroatoms. The Balaban J connectivity index is 1.55. The second-order valence-electron chi connectivity index (χ2n) is 7.88. The second kappa shape index (κ2) is 10.5. The van der Waals surface area contributed by atoms with Crippen LogP contribution in [0.5, 0.6) is 5.75 Å². The normalized spacial score (nSPS) is 16.8. The predicted octanol–water partition coefficient (Wildman–Crippen LogP) is 3.35. The average molecular weight is 430 g/mol. The molecule has 2 aromatic carbocycles. The zero-order chi connectivity index (χ0) is 21.5. The molecule has 1 aliphatic rings. The number of methoxy groups -OCH3 is 1. The van der Waals surface area contributed by atoms with Crippen LogP contribution < -0.4 is 20.3 Å². The van der Waals surface area contributed by atoms with Crippen molar-refractivity contribution in [3.05, 3.63) is 58.6 Å². The van der Waals surface area contributed by atoms with E-state index < -0.39 is 0 Å². The van der Waals surface area contributed by atoms with Crippen molar-refractivity contribution in [3.8, 4) is 5.75 Å². The van der Waals surface area contributed by atoms with Crippen LogP contribution in [0.25, 0.3) is 0 Å². The smallest absolute Gasteiger partial charge is 0.191 e. The van der Waals surface area contributed by atoms with E-state index in [-0.39, 0.29) is 0 Å². The van der Waals surface area contributed by atoms with Crippen molar-refractivity contribution in [1.29, 1.82) is 0 Å². The summed E-state index contributed by atoms with van der Waals surface area (Å²) in [7, 11) is 7.67. The molecular weight excluding hydrogens is 398 g/mol. The van der Waals surface area contributed by atoms with Crippen LogP contribution >= 0.6 is 11.6 Å². The number of nitrogens with zero attached hydrogens (tertiary/aromatic N) is 3. The molecule has 1 heterocycles. The first-order valence-electron chi connectivity index (χ1n) is 10.3. The molecule has 1 saturated heterocycles. The first-order valence-corrected chi connectivity index (χ1v) is 10.6. The van der Waals surface area contributed by atoms with Crippen LogP contribution in [0.15, 0.2) is 47.5 Å². The Kier molecular flexibility index (Phi) is 7.82. The van der Waals surface area contributed by atoms with Crippen LogP contribution in [-0.2, 0) is 13.1 Å². The Morgan fingerprint density at radius 1 is 1.23 bits per heavy atom. The number of halogens is 1. The number of hydrogen-bond acceptors (Lipinski definition) is 4. The number of ether oxygens (including phenoxy) is 1. The number of rotatable bonds is 7. The average Bonchev–Trinajstić information content (AvgIpc) is 3.19. The van der Waals surface area contributed by atoms with Crippen LogP contribution in [0.2, 0.25) is 5.02 Å². The third-order valence-electron chi connectivity index (χ3n) is 5.18. The molecule has 1 unspecified atom stereocenters. The molecule has 1 atom stereocenters. The van der Waals surface area contributed by atoms with Gasteiger partial charge in [-0.25, -0.2) is 0 Å². The Labute approximate surface area is 184 Å². The first-order chi connectivity index (χ1) is 14.5. The van der Waals surface area contributed by atoms with Gasteiger partial charge in [0.25, 0.3) is 0 Å². The standard InChI is InChI=1S/C23H32ClN5O/c1-25-23(26-14-17-6-5-7-18(12-17)15-28(2)3)27-20-10-11-29(16-20)21-13-19(24)8-9-22(21)30-4/h5-9,12-13,20H,10-11,14-16H2,1-4H3,(H2,25,26,27). The van der Waals surface area contributed by atoms with Crippen LogP contribution in [-0.4, -0.2) is 58.2 Å². The minimum absolute atomic E-state index is 0.306. The predicted molar refractivity (Wildman–Crippen MR) is 126 cm³/mol. The van der Waals surface area contributed by atoms with Crippen LogP contribution in [0, 0.1) is 0 Å². The lowest BCUT2D eigenvalue weighted by Gasteiger charge is -2.22. The van der Waals surface area contributed by atoms with Gasteiger partial charge in [0.15, 0.2) is 5.96 Å². The van der Waals surface area contributed by atoms with E-state index in [0.29, 0.717) is 6.04 Å². The highest BCUT2D eigenvalue weighted by atomic mass is 35.5. The molecule has 3 rings (SSSR count). The van der Waals surface area contributed by atoms with Crippen LogP contribution in [0.3, 0.4) is 0 Å². The number of anilines is 1. The van der Waals surface area contributed by atoms with E-state index in [9.17, 15) is 0 Å². The minimum Gasteiger partial charge on any atom is -0.495 e. The zero-order valence-corrected chi connectivity index (χ0v) is 19.0. The quantitative estimate of drug-likeness (QED) is 0.522. The van der Waals surface area contributed by atoms with Gasteiger partial charge in [0, 0.05) is 44.3 Å². The first kappa shape index (κ1) is 22.2. The molecular formula is C23H32ClN5O. The molecule has 162 valence electrons. The highest BCUT2D eigenvalue weighted by molar-refractivity contribution is 6.30. The number of aliphatic imine (C=N–C) groups is 1. The number of nitrogens with one attached hydrogen (secondary N) is 2. The van der Waals surface area contributed by atoms with Gasteiger partial charge < -0.3 is 25.2 Å². The van der Waals surface area contributed by atoms with E-state index >= 15 is 0 Å². The largest absolute Gasteiger partial charge is 0.495 e. The summed E-state index contributed by atoms with van der Waals surface area (Å²) in [5, 5.41) is 7.71. The highest BCUT2D eigenvalue weighted by Gasteiger charge is 2.25. The molecule has 1 fully saturated rings. The molecule has 30 heavy (non-hydrogen) atoms. The molecule has 1 aliphatic heterocycles. The van der Waals surface area contributed by atoms with Gasteiger partial charge in [0.1, 0.15) is 5.75 Å². The zero-order valence-electron chi connectivity index (χ0n) is 18.3. The topological polar surface area (TPSA) is 52.1 Å². The third-order valence-corrected chi connectivity index (χ3v) is 5.42. The molecule has 2 N–H and O–H groups in total. The lowest BCUT2D eigenvalue weighted by Crippen LogP contribution is -2.44. The summed E-state index contributed by atoms with van der Waals surface area (Å²) in [6, 6.07) is 14.7. The summed E-state index contributed by atoms with van der Waals surface area (Å²) in [6.45, 7) is 3.48. The second-order valence-corrected chi connectivity index (χ2v) is 8.31. The van der Waals surface area contributed by atoms with E-state index in [4.69, 9.17) is 16.3 Å². The summed E-state index contributed by atoms with van der Waals surface area (Å²) >= 11 is 6.20. The highest BCUT2D eigenvalue weighted by Crippen LogP contribution is 2.33. The number of guanidine groups is 1. The van der Waals surface area contributed by atoms with Gasteiger partial charge in [-0.1, -0.05) is 35.9 Å². The molecule has 0 saturated carbocycles. The SMILES string of the molecule is CN=C(NCc1cccc(CN(C)C)c1)NC1CCN(c2cc(Cl)ccc2OC)C1. The van der Waals surface area contributed by atoms with Crippen LogP contribution in [0.4, 0.5) is 5.69 Å². The van der Waals surface area contributed by atoms with Gasteiger partial charge in [-0.15, -0.1) is 0 Å². The Morgan fingerprint density at radius 2 is 2.03 bits per heavy atom. The summed E-state index contributed by atoms with van der Waals surface area (Å²) in [4.78, 5) is 8.89. The Bertz CT molecular complexity index is 870. The number of hydrogen-bond donors (Lipinski definition) is 2. The molecule has 0 bridgehead atoms. The van der Waals surface area contributed by atoms with Crippen molar-refractivity contribution in [1.82, 2.24) is 15.5 Å². The fraction of sp³-hybridized carbons (Fsp3) is 0.435. The van der Waals surface area contributed by atoms with Gasteiger partial charge in [0.2, 0.25) is 0 Å². The summed E-state index contributed by atoms with van der Waals surface area (Å²) in [5.74, 6) is 1.66. The molecule has 0 aromatic heterocycles. The molecule has 0 aliphatic carbocycles. The number of benzene rings is 2. The summed E-state index contributed by atoms with van der Waals surface area (Å²) in [6.07, 6.45) is 1.02. The maximum absolute atomic E-state index is 6.20. The maximum atomic E-state index is 6.20. The summed E-state index contributed by atoms with van der Waals surface area (Å²) in [5.41, 5.74) is 3.59. The van der Waals surface area contributed by atoms with Crippen molar-refractivity contribution in [3.63, 3.8) is 0 Å². The fourth-order valence-corrected chi connectivity index (χ4v) is 3.95. The van der Waals surface area contributed by atoms with Gasteiger partial charge in [-0.2, -0.15) is 0 Å². The van der Waals surface area contributed by atoms with Gasteiger partial charge >= 0.3 is 0 Å². The fourth-order valence-electron chi connectivity index (χ4n) is 3.78. The van der Waals surface area contributed by atoms with E-state index in [1.54, 1.807) is 7.11 Å². The van der Waals surface area contributed by atoms with E-state index in [1.807, 2.05) is 25.2 Å². The molecule has 0 amide bonds.